The minimum atomic E-state index is -4.45. The molecule has 1 atom stereocenters. The van der Waals surface area contributed by atoms with Crippen LogP contribution < -0.4 is 5.32 Å². The Morgan fingerprint density at radius 3 is 2.43 bits per heavy atom. The summed E-state index contributed by atoms with van der Waals surface area (Å²) in [4.78, 5) is 25.3. The van der Waals surface area contributed by atoms with Crippen LogP contribution in [0.2, 0.25) is 0 Å². The molecule has 126 valence electrons. The maximum absolute atomic E-state index is 12.4. The summed E-state index contributed by atoms with van der Waals surface area (Å²) < 4.78 is 37.3. The molecule has 1 fully saturated rings. The van der Waals surface area contributed by atoms with Crippen molar-refractivity contribution >= 4 is 11.8 Å². The summed E-state index contributed by atoms with van der Waals surface area (Å²) in [6.07, 6.45) is -3.74. The van der Waals surface area contributed by atoms with E-state index in [1.165, 1.54) is 0 Å². The van der Waals surface area contributed by atoms with Gasteiger partial charge >= 0.3 is 6.18 Å². The third-order valence-corrected chi connectivity index (χ3v) is 3.77. The zero-order chi connectivity index (χ0) is 17.0. The van der Waals surface area contributed by atoms with E-state index in [0.29, 0.717) is 13.1 Å². The Hall–Kier alpha value is -2.09. The number of amides is 2. The van der Waals surface area contributed by atoms with E-state index in [1.54, 1.807) is 4.90 Å². The molecule has 2 rings (SSSR count). The fraction of sp³-hybridized carbons (Fsp3) is 0.467. The molecule has 8 heteroatoms. The van der Waals surface area contributed by atoms with Gasteiger partial charge in [0.15, 0.2) is 0 Å². The summed E-state index contributed by atoms with van der Waals surface area (Å²) in [6, 6.07) is 3.78. The molecule has 1 heterocycles. The van der Waals surface area contributed by atoms with E-state index in [1.807, 2.05) is 0 Å². The number of aliphatic hydroxyl groups is 1. The topological polar surface area (TPSA) is 69.6 Å². The molecule has 0 aromatic heterocycles. The first-order valence-electron chi connectivity index (χ1n) is 7.15. The average Bonchev–Trinajstić information content (AvgIpc) is 3.00. The van der Waals surface area contributed by atoms with Crippen molar-refractivity contribution in [1.29, 1.82) is 0 Å². The Balaban J connectivity index is 1.86. The zero-order valence-electron chi connectivity index (χ0n) is 12.3. The largest absolute Gasteiger partial charge is 0.416 e. The lowest BCUT2D eigenvalue weighted by Gasteiger charge is -2.16. The van der Waals surface area contributed by atoms with Gasteiger partial charge in [0.1, 0.15) is 0 Å². The van der Waals surface area contributed by atoms with Crippen LogP contribution in [0.15, 0.2) is 24.3 Å². The normalized spacial score (nSPS) is 18.1. The highest BCUT2D eigenvalue weighted by molar-refractivity contribution is 5.96. The van der Waals surface area contributed by atoms with Gasteiger partial charge in [0.05, 0.1) is 12.1 Å². The van der Waals surface area contributed by atoms with Crippen LogP contribution in [-0.4, -0.2) is 48.1 Å². The van der Waals surface area contributed by atoms with Gasteiger partial charge < -0.3 is 15.3 Å². The van der Waals surface area contributed by atoms with Crippen LogP contribution in [0.4, 0.5) is 13.2 Å². The van der Waals surface area contributed by atoms with Crippen LogP contribution in [0.3, 0.4) is 0 Å². The second-order valence-electron chi connectivity index (χ2n) is 5.43. The van der Waals surface area contributed by atoms with Crippen molar-refractivity contribution in [2.24, 2.45) is 5.92 Å². The van der Waals surface area contributed by atoms with Gasteiger partial charge in [-0.3, -0.25) is 9.59 Å². The Morgan fingerprint density at radius 1 is 1.26 bits per heavy atom. The van der Waals surface area contributed by atoms with Crippen LogP contribution in [-0.2, 0) is 11.0 Å². The van der Waals surface area contributed by atoms with Gasteiger partial charge in [-0.25, -0.2) is 0 Å². The predicted molar refractivity (Wildman–Crippen MR) is 75.6 cm³/mol. The first-order chi connectivity index (χ1) is 10.8. The second kappa shape index (κ2) is 6.99. The van der Waals surface area contributed by atoms with Crippen LogP contribution in [0, 0.1) is 5.92 Å². The first kappa shape index (κ1) is 17.3. The molecule has 1 saturated heterocycles. The van der Waals surface area contributed by atoms with Crippen molar-refractivity contribution in [3.63, 3.8) is 0 Å². The first-order valence-corrected chi connectivity index (χ1v) is 7.15. The van der Waals surface area contributed by atoms with Crippen molar-refractivity contribution in [3.8, 4) is 0 Å². The summed E-state index contributed by atoms with van der Waals surface area (Å²) in [5.41, 5.74) is -0.780. The van der Waals surface area contributed by atoms with Gasteiger partial charge in [-0.1, -0.05) is 0 Å². The number of benzene rings is 1. The van der Waals surface area contributed by atoms with Gasteiger partial charge in [-0.05, 0) is 30.7 Å². The molecule has 2 N–H and O–H groups in total. The second-order valence-corrected chi connectivity index (χ2v) is 5.43. The van der Waals surface area contributed by atoms with Crippen molar-refractivity contribution in [2.75, 3.05) is 26.2 Å². The number of nitrogens with one attached hydrogen (secondary N) is 1. The number of hydrogen-bond donors (Lipinski definition) is 2. The van der Waals surface area contributed by atoms with Crippen molar-refractivity contribution in [3.05, 3.63) is 35.4 Å². The SMILES string of the molecule is O=C(NCC(=O)N1CCC(CO)C1)c1ccc(C(F)(F)F)cc1. The maximum atomic E-state index is 12.4. The summed E-state index contributed by atoms with van der Waals surface area (Å²) in [6.45, 7) is 0.769. The van der Waals surface area contributed by atoms with Gasteiger partial charge in [-0.2, -0.15) is 13.2 Å². The van der Waals surface area contributed by atoms with Gasteiger partial charge in [-0.15, -0.1) is 0 Å². The lowest BCUT2D eigenvalue weighted by molar-refractivity contribution is -0.137. The smallest absolute Gasteiger partial charge is 0.396 e. The van der Waals surface area contributed by atoms with Crippen LogP contribution >= 0.6 is 0 Å². The molecular formula is C15H17F3N2O3. The Labute approximate surface area is 131 Å². The lowest BCUT2D eigenvalue weighted by Crippen LogP contribution is -2.39. The average molecular weight is 330 g/mol. The zero-order valence-corrected chi connectivity index (χ0v) is 12.3. The third-order valence-electron chi connectivity index (χ3n) is 3.77. The number of hydrogen-bond acceptors (Lipinski definition) is 3. The van der Waals surface area contributed by atoms with E-state index < -0.39 is 17.6 Å². The molecule has 2 amide bonds. The van der Waals surface area contributed by atoms with E-state index in [2.05, 4.69) is 5.32 Å². The van der Waals surface area contributed by atoms with E-state index in [-0.39, 0.29) is 30.5 Å². The molecule has 0 radical (unpaired) electrons. The molecule has 1 aromatic rings. The minimum absolute atomic E-state index is 0.0156. The van der Waals surface area contributed by atoms with E-state index in [4.69, 9.17) is 5.11 Å². The third kappa shape index (κ3) is 4.44. The van der Waals surface area contributed by atoms with Gasteiger partial charge in [0.2, 0.25) is 5.91 Å². The highest BCUT2D eigenvalue weighted by Gasteiger charge is 2.30. The summed E-state index contributed by atoms with van der Waals surface area (Å²) in [7, 11) is 0. The van der Waals surface area contributed by atoms with Crippen LogP contribution in [0.25, 0.3) is 0 Å². The molecule has 0 spiro atoms. The molecule has 0 saturated carbocycles. The van der Waals surface area contributed by atoms with Crippen LogP contribution in [0.5, 0.6) is 0 Å². The highest BCUT2D eigenvalue weighted by Crippen LogP contribution is 2.29. The molecule has 23 heavy (non-hydrogen) atoms. The van der Waals surface area contributed by atoms with Crippen LogP contribution in [0.1, 0.15) is 22.3 Å². The number of aliphatic hydroxyl groups excluding tert-OH is 1. The van der Waals surface area contributed by atoms with Crippen molar-refractivity contribution in [1.82, 2.24) is 10.2 Å². The molecule has 1 aliphatic rings. The standard InChI is InChI=1S/C15H17F3N2O3/c16-15(17,18)12-3-1-11(2-4-12)14(23)19-7-13(22)20-6-5-10(8-20)9-21/h1-4,10,21H,5-9H2,(H,19,23). The number of carbonyl (C=O) groups excluding carboxylic acids is 2. The molecule has 0 aliphatic carbocycles. The maximum Gasteiger partial charge on any atom is 0.416 e. The quantitative estimate of drug-likeness (QED) is 0.874. The number of carbonyl (C=O) groups is 2. The number of nitrogens with zero attached hydrogens (tertiary/aromatic N) is 1. The molecule has 1 aliphatic heterocycles. The molecule has 5 nitrogen and oxygen atoms in total. The van der Waals surface area contributed by atoms with Crippen molar-refractivity contribution in [2.45, 2.75) is 12.6 Å². The van der Waals surface area contributed by atoms with Gasteiger partial charge in [0, 0.05) is 31.2 Å². The Morgan fingerprint density at radius 2 is 1.91 bits per heavy atom. The van der Waals surface area contributed by atoms with Crippen molar-refractivity contribution < 1.29 is 27.9 Å². The van der Waals surface area contributed by atoms with Gasteiger partial charge in [0.25, 0.3) is 5.91 Å². The lowest BCUT2D eigenvalue weighted by atomic mass is 10.1. The summed E-state index contributed by atoms with van der Waals surface area (Å²) in [5.74, 6) is -0.823. The Bertz CT molecular complexity index is 572. The fourth-order valence-electron chi connectivity index (χ4n) is 2.39. The number of alkyl halides is 3. The molecule has 0 bridgehead atoms. The highest BCUT2D eigenvalue weighted by atomic mass is 19.4. The molecule has 1 aromatic carbocycles. The minimum Gasteiger partial charge on any atom is -0.396 e. The number of halogens is 3. The summed E-state index contributed by atoms with van der Waals surface area (Å²) >= 11 is 0. The predicted octanol–water partition coefficient (Wildman–Crippen LogP) is 1.28. The van der Waals surface area contributed by atoms with E-state index in [9.17, 15) is 22.8 Å². The van der Waals surface area contributed by atoms with E-state index in [0.717, 1.165) is 30.7 Å². The molecular weight excluding hydrogens is 313 g/mol. The number of rotatable bonds is 4. The Kier molecular flexibility index (Phi) is 5.25. The number of likely N-dealkylation sites (tertiary alicyclic amines) is 1. The summed E-state index contributed by atoms with van der Waals surface area (Å²) in [5, 5.41) is 11.4. The fourth-order valence-corrected chi connectivity index (χ4v) is 2.39. The monoisotopic (exact) mass is 330 g/mol. The molecule has 1 unspecified atom stereocenters. The van der Waals surface area contributed by atoms with E-state index >= 15 is 0 Å².